The van der Waals surface area contributed by atoms with Crippen LogP contribution in [0, 0.1) is 18.7 Å². The Morgan fingerprint density at radius 3 is 2.60 bits per heavy atom. The molecule has 3 heterocycles. The van der Waals surface area contributed by atoms with E-state index in [1.807, 2.05) is 6.07 Å². The van der Waals surface area contributed by atoms with Crippen LogP contribution in [0.4, 0.5) is 8.78 Å². The highest BCUT2D eigenvalue weighted by Crippen LogP contribution is 2.38. The number of aryl methyl sites for hydroxylation is 1. The van der Waals surface area contributed by atoms with Crippen LogP contribution in [0.3, 0.4) is 0 Å². The summed E-state index contributed by atoms with van der Waals surface area (Å²) in [6, 6.07) is 9.17. The Bertz CT molecular complexity index is 1220. The fourth-order valence-electron chi connectivity index (χ4n) is 5.08. The van der Waals surface area contributed by atoms with E-state index in [1.165, 1.54) is 19.1 Å². The van der Waals surface area contributed by atoms with Gasteiger partial charge in [-0.2, -0.15) is 0 Å². The Morgan fingerprint density at radius 1 is 1.14 bits per heavy atom. The summed E-state index contributed by atoms with van der Waals surface area (Å²) in [4.78, 5) is 15.3. The van der Waals surface area contributed by atoms with Crippen LogP contribution in [-0.2, 0) is 11.3 Å². The third kappa shape index (κ3) is 4.58. The molecule has 3 aromatic rings. The first-order valence-corrected chi connectivity index (χ1v) is 11.8. The summed E-state index contributed by atoms with van der Waals surface area (Å²) >= 11 is 0. The number of carbonyl (C=O) groups is 1. The maximum absolute atomic E-state index is 14.2. The average Bonchev–Trinajstić information content (AvgIpc) is 3.45. The molecule has 1 aromatic heterocycles. The number of alkyl halides is 1. The smallest absolute Gasteiger partial charge is 0.254 e. The summed E-state index contributed by atoms with van der Waals surface area (Å²) < 4.78 is 38.6. The topological polar surface area (TPSA) is 88.7 Å². The van der Waals surface area contributed by atoms with Crippen LogP contribution in [0.15, 0.2) is 40.8 Å². The molecule has 0 aliphatic carbocycles. The van der Waals surface area contributed by atoms with Gasteiger partial charge in [-0.05, 0) is 73.6 Å². The third-order valence-electron chi connectivity index (χ3n) is 6.81. The maximum Gasteiger partial charge on any atom is 0.254 e. The minimum atomic E-state index is -1.39. The zero-order valence-corrected chi connectivity index (χ0v) is 19.6. The van der Waals surface area contributed by atoms with Crippen LogP contribution in [0.5, 0.6) is 0 Å². The lowest BCUT2D eigenvalue weighted by atomic mass is 9.84. The Morgan fingerprint density at radius 2 is 1.91 bits per heavy atom. The number of aliphatic hydroxyl groups is 1. The molecule has 3 atom stereocenters. The Balaban J connectivity index is 1.48. The van der Waals surface area contributed by atoms with E-state index in [9.17, 15) is 18.7 Å². The first-order chi connectivity index (χ1) is 16.8. The molecular formula is C26H27F2N3O4. The van der Waals surface area contributed by atoms with Crippen molar-refractivity contribution in [2.75, 3.05) is 13.2 Å². The van der Waals surface area contributed by atoms with Crippen molar-refractivity contribution in [3.05, 3.63) is 70.4 Å². The van der Waals surface area contributed by atoms with Gasteiger partial charge in [-0.15, -0.1) is 10.2 Å². The van der Waals surface area contributed by atoms with Gasteiger partial charge in [0.25, 0.3) is 11.8 Å². The summed E-state index contributed by atoms with van der Waals surface area (Å²) in [6.07, 6.45) is -1.08. The molecule has 1 saturated heterocycles. The van der Waals surface area contributed by atoms with E-state index in [4.69, 9.17) is 9.15 Å². The number of rotatable bonds is 6. The molecule has 5 rings (SSSR count). The summed E-state index contributed by atoms with van der Waals surface area (Å²) in [5.41, 5.74) is 2.93. The van der Waals surface area contributed by atoms with Crippen molar-refractivity contribution in [2.45, 2.75) is 51.6 Å². The zero-order valence-electron chi connectivity index (χ0n) is 19.6. The van der Waals surface area contributed by atoms with E-state index in [0.717, 1.165) is 5.56 Å². The SMILES string of the molecule is Cc1cc(F)cc([C@H](O)[C@@H](C2CCOCC2)N2Cc3ccc(-c4nnc(C(C)F)o4)cc3C2=O)c1. The summed E-state index contributed by atoms with van der Waals surface area (Å²) in [5, 5.41) is 19.1. The van der Waals surface area contributed by atoms with E-state index in [-0.39, 0.29) is 23.6 Å². The fourth-order valence-corrected chi connectivity index (χ4v) is 5.08. The average molecular weight is 484 g/mol. The van der Waals surface area contributed by atoms with Gasteiger partial charge in [0.1, 0.15) is 5.82 Å². The van der Waals surface area contributed by atoms with Gasteiger partial charge in [-0.1, -0.05) is 12.1 Å². The van der Waals surface area contributed by atoms with Gasteiger partial charge in [-0.25, -0.2) is 8.78 Å². The lowest BCUT2D eigenvalue weighted by Crippen LogP contribution is -2.46. The third-order valence-corrected chi connectivity index (χ3v) is 6.81. The molecule has 184 valence electrons. The van der Waals surface area contributed by atoms with E-state index >= 15 is 0 Å². The molecule has 2 aromatic carbocycles. The number of aromatic nitrogens is 2. The molecule has 0 spiro atoms. The van der Waals surface area contributed by atoms with Crippen molar-refractivity contribution in [3.63, 3.8) is 0 Å². The number of hydrogen-bond donors (Lipinski definition) is 1. The van der Waals surface area contributed by atoms with Gasteiger partial charge in [-0.3, -0.25) is 4.79 Å². The Kier molecular flexibility index (Phi) is 6.37. The molecule has 1 unspecified atom stereocenters. The highest BCUT2D eigenvalue weighted by molar-refractivity contribution is 5.99. The largest absolute Gasteiger partial charge is 0.418 e. The molecular weight excluding hydrogens is 456 g/mol. The molecule has 35 heavy (non-hydrogen) atoms. The number of nitrogens with zero attached hydrogens (tertiary/aromatic N) is 3. The molecule has 0 bridgehead atoms. The molecule has 1 N–H and O–H groups in total. The molecule has 1 amide bonds. The van der Waals surface area contributed by atoms with Crippen molar-refractivity contribution in [2.24, 2.45) is 5.92 Å². The quantitative estimate of drug-likeness (QED) is 0.547. The molecule has 9 heteroatoms. The number of amides is 1. The van der Waals surface area contributed by atoms with Crippen LogP contribution in [0.1, 0.15) is 65.0 Å². The second-order valence-corrected chi connectivity index (χ2v) is 9.31. The second-order valence-electron chi connectivity index (χ2n) is 9.31. The minimum Gasteiger partial charge on any atom is -0.418 e. The summed E-state index contributed by atoms with van der Waals surface area (Å²) in [6.45, 7) is 4.48. The van der Waals surface area contributed by atoms with Crippen LogP contribution in [0.25, 0.3) is 11.5 Å². The first-order valence-electron chi connectivity index (χ1n) is 11.8. The van der Waals surface area contributed by atoms with Crippen molar-refractivity contribution in [1.29, 1.82) is 0 Å². The molecule has 0 saturated carbocycles. The van der Waals surface area contributed by atoms with Gasteiger partial charge in [0.2, 0.25) is 5.89 Å². The normalized spacial score (nSPS) is 19.0. The number of halogens is 2. The van der Waals surface area contributed by atoms with E-state index < -0.39 is 24.1 Å². The van der Waals surface area contributed by atoms with Crippen LogP contribution < -0.4 is 0 Å². The fraction of sp³-hybridized carbons (Fsp3) is 0.423. The number of aliphatic hydroxyl groups excluding tert-OH is 1. The number of fused-ring (bicyclic) bond motifs is 1. The van der Waals surface area contributed by atoms with Crippen LogP contribution in [0.2, 0.25) is 0 Å². The van der Waals surface area contributed by atoms with E-state index in [2.05, 4.69) is 10.2 Å². The standard InChI is InChI=1S/C26H27F2N3O4/c1-14-9-19(11-20(28)10-14)23(32)22(16-5-7-34-8-6-16)31-13-18-4-3-17(12-21(18)26(31)33)25-30-29-24(35-25)15(2)27/h3-4,9-12,15-16,22-23,32H,5-8,13H2,1-2H3/t15?,22-,23+/m1/s1. The van der Waals surface area contributed by atoms with Crippen molar-refractivity contribution in [3.8, 4) is 11.5 Å². The Labute approximate surface area is 201 Å². The van der Waals surface area contributed by atoms with Gasteiger partial charge in [0, 0.05) is 30.9 Å². The summed E-state index contributed by atoms with van der Waals surface area (Å²) in [7, 11) is 0. The van der Waals surface area contributed by atoms with Gasteiger partial charge in [0.05, 0.1) is 12.1 Å². The van der Waals surface area contributed by atoms with Crippen LogP contribution in [-0.4, -0.2) is 45.4 Å². The molecule has 2 aliphatic heterocycles. The molecule has 0 radical (unpaired) electrons. The second kappa shape index (κ2) is 9.47. The first kappa shape index (κ1) is 23.6. The predicted molar refractivity (Wildman–Crippen MR) is 123 cm³/mol. The minimum absolute atomic E-state index is 0.00963. The lowest BCUT2D eigenvalue weighted by molar-refractivity contribution is -0.0214. The van der Waals surface area contributed by atoms with Gasteiger partial charge >= 0.3 is 0 Å². The molecule has 7 nitrogen and oxygen atoms in total. The van der Waals surface area contributed by atoms with Crippen molar-refractivity contribution in [1.82, 2.24) is 15.1 Å². The number of ether oxygens (including phenoxy) is 1. The van der Waals surface area contributed by atoms with E-state index in [1.54, 1.807) is 30.0 Å². The summed E-state index contributed by atoms with van der Waals surface area (Å²) in [5.74, 6) is -0.656. The number of hydrogen-bond acceptors (Lipinski definition) is 6. The monoisotopic (exact) mass is 483 g/mol. The van der Waals surface area contributed by atoms with E-state index in [0.29, 0.717) is 54.9 Å². The highest BCUT2D eigenvalue weighted by atomic mass is 19.1. The molecule has 1 fully saturated rings. The predicted octanol–water partition coefficient (Wildman–Crippen LogP) is 4.70. The van der Waals surface area contributed by atoms with Crippen molar-refractivity contribution >= 4 is 5.91 Å². The highest BCUT2D eigenvalue weighted by Gasteiger charge is 2.41. The zero-order chi connectivity index (χ0) is 24.7. The lowest BCUT2D eigenvalue weighted by Gasteiger charge is -2.39. The number of benzene rings is 2. The maximum atomic E-state index is 14.2. The number of carbonyl (C=O) groups excluding carboxylic acids is 1. The van der Waals surface area contributed by atoms with Gasteiger partial charge < -0.3 is 19.2 Å². The molecule has 2 aliphatic rings. The van der Waals surface area contributed by atoms with Crippen molar-refractivity contribution < 1.29 is 27.8 Å². The van der Waals surface area contributed by atoms with Gasteiger partial charge in [0.15, 0.2) is 6.17 Å². The van der Waals surface area contributed by atoms with Crippen LogP contribution >= 0.6 is 0 Å². The Hall–Kier alpha value is -3.17.